The number of nitrogens with two attached hydrogens (primary N) is 1. The van der Waals surface area contributed by atoms with Crippen molar-refractivity contribution in [3.8, 4) is 0 Å². The van der Waals surface area contributed by atoms with Gasteiger partial charge >= 0.3 is 0 Å². The van der Waals surface area contributed by atoms with Gasteiger partial charge in [-0.15, -0.1) is 0 Å². The van der Waals surface area contributed by atoms with Crippen molar-refractivity contribution in [3.05, 3.63) is 0 Å². The highest BCUT2D eigenvalue weighted by atomic mass is 16.5. The van der Waals surface area contributed by atoms with Gasteiger partial charge < -0.3 is 15.8 Å². The fraction of sp³-hybridized carbons (Fsp3) is 1.00. The van der Waals surface area contributed by atoms with E-state index in [1.807, 2.05) is 0 Å². The Morgan fingerprint density at radius 1 is 1.40 bits per heavy atom. The van der Waals surface area contributed by atoms with Crippen molar-refractivity contribution < 1.29 is 4.74 Å². The third-order valence-electron chi connectivity index (χ3n) is 3.17. The van der Waals surface area contributed by atoms with E-state index in [0.29, 0.717) is 18.1 Å². The average Bonchev–Trinajstić information content (AvgIpc) is 2.60. The lowest BCUT2D eigenvalue weighted by Crippen LogP contribution is -2.43. The Morgan fingerprint density at radius 3 is 2.73 bits per heavy atom. The van der Waals surface area contributed by atoms with Gasteiger partial charge in [-0.2, -0.15) is 0 Å². The summed E-state index contributed by atoms with van der Waals surface area (Å²) in [6, 6.07) is 0.802. The van der Waals surface area contributed by atoms with Crippen LogP contribution in [0.15, 0.2) is 0 Å². The molecule has 1 fully saturated rings. The highest BCUT2D eigenvalue weighted by Gasteiger charge is 2.26. The molecule has 0 aromatic carbocycles. The monoisotopic (exact) mass is 214 g/mol. The summed E-state index contributed by atoms with van der Waals surface area (Å²) in [6.45, 7) is 5.35. The summed E-state index contributed by atoms with van der Waals surface area (Å²) in [4.78, 5) is 0. The van der Waals surface area contributed by atoms with Crippen molar-refractivity contribution in [2.75, 3.05) is 13.7 Å². The molecule has 1 aliphatic carbocycles. The minimum atomic E-state index is 0.281. The quantitative estimate of drug-likeness (QED) is 0.704. The standard InChI is InChI=1S/C12H26N2O/c1-9(2)7-10(13)8-14-11-5-4-6-12(11)15-3/h9-12,14H,4-8,13H2,1-3H3. The van der Waals surface area contributed by atoms with Gasteiger partial charge in [-0.1, -0.05) is 13.8 Å². The zero-order chi connectivity index (χ0) is 11.3. The Balaban J connectivity index is 2.18. The molecule has 3 unspecified atom stereocenters. The summed E-state index contributed by atoms with van der Waals surface area (Å²) in [5.74, 6) is 0.684. The predicted octanol–water partition coefficient (Wildman–Crippen LogP) is 1.52. The van der Waals surface area contributed by atoms with E-state index in [1.54, 1.807) is 7.11 Å². The maximum Gasteiger partial charge on any atom is 0.0724 e. The molecule has 0 amide bonds. The lowest BCUT2D eigenvalue weighted by Gasteiger charge is -2.22. The Morgan fingerprint density at radius 2 is 2.13 bits per heavy atom. The molecule has 3 heteroatoms. The van der Waals surface area contributed by atoms with Crippen LogP contribution in [0.25, 0.3) is 0 Å². The van der Waals surface area contributed by atoms with Crippen molar-refractivity contribution in [3.63, 3.8) is 0 Å². The Kier molecular flexibility index (Phi) is 5.58. The topological polar surface area (TPSA) is 47.3 Å². The highest BCUT2D eigenvalue weighted by molar-refractivity contribution is 4.85. The van der Waals surface area contributed by atoms with E-state index in [4.69, 9.17) is 10.5 Å². The summed E-state index contributed by atoms with van der Waals surface area (Å²) in [6.07, 6.45) is 5.18. The van der Waals surface area contributed by atoms with Crippen molar-refractivity contribution in [2.24, 2.45) is 11.7 Å². The fourth-order valence-electron chi connectivity index (χ4n) is 2.43. The van der Waals surface area contributed by atoms with E-state index in [1.165, 1.54) is 19.3 Å². The molecule has 0 aliphatic heterocycles. The van der Waals surface area contributed by atoms with E-state index in [2.05, 4.69) is 19.2 Å². The van der Waals surface area contributed by atoms with Crippen LogP contribution in [0.5, 0.6) is 0 Å². The van der Waals surface area contributed by atoms with Crippen molar-refractivity contribution in [1.82, 2.24) is 5.32 Å². The van der Waals surface area contributed by atoms with Crippen LogP contribution in [0.3, 0.4) is 0 Å². The second-order valence-corrected chi connectivity index (χ2v) is 5.11. The summed E-state index contributed by atoms with van der Waals surface area (Å²) < 4.78 is 5.43. The molecule has 1 aliphatic rings. The zero-order valence-corrected chi connectivity index (χ0v) is 10.3. The largest absolute Gasteiger partial charge is 0.380 e. The molecule has 90 valence electrons. The second-order valence-electron chi connectivity index (χ2n) is 5.11. The molecule has 0 spiro atoms. The summed E-state index contributed by atoms with van der Waals surface area (Å²) in [5.41, 5.74) is 6.04. The van der Waals surface area contributed by atoms with Gasteiger partial charge in [-0.05, 0) is 31.6 Å². The molecule has 15 heavy (non-hydrogen) atoms. The number of ether oxygens (including phenoxy) is 1. The van der Waals surface area contributed by atoms with E-state index in [9.17, 15) is 0 Å². The van der Waals surface area contributed by atoms with E-state index < -0.39 is 0 Å². The third kappa shape index (κ3) is 4.49. The molecule has 0 aromatic heterocycles. The maximum atomic E-state index is 6.04. The van der Waals surface area contributed by atoms with Crippen LogP contribution in [0.1, 0.15) is 39.5 Å². The molecular formula is C12H26N2O. The smallest absolute Gasteiger partial charge is 0.0724 e. The molecule has 3 nitrogen and oxygen atoms in total. The van der Waals surface area contributed by atoms with Gasteiger partial charge in [0.1, 0.15) is 0 Å². The summed E-state index contributed by atoms with van der Waals surface area (Å²) >= 11 is 0. The van der Waals surface area contributed by atoms with Crippen molar-refractivity contribution in [1.29, 1.82) is 0 Å². The van der Waals surface area contributed by atoms with Crippen LogP contribution in [0.4, 0.5) is 0 Å². The van der Waals surface area contributed by atoms with Gasteiger partial charge in [0, 0.05) is 25.7 Å². The van der Waals surface area contributed by atoms with Crippen LogP contribution in [-0.2, 0) is 4.74 Å². The zero-order valence-electron chi connectivity index (χ0n) is 10.3. The fourth-order valence-corrected chi connectivity index (χ4v) is 2.43. The van der Waals surface area contributed by atoms with E-state index in [-0.39, 0.29) is 6.04 Å². The SMILES string of the molecule is COC1CCCC1NCC(N)CC(C)C. The second kappa shape index (κ2) is 6.46. The average molecular weight is 214 g/mol. The molecule has 1 saturated carbocycles. The molecule has 0 bridgehead atoms. The molecule has 0 radical (unpaired) electrons. The Bertz CT molecular complexity index is 173. The molecule has 0 heterocycles. The van der Waals surface area contributed by atoms with Crippen LogP contribution in [-0.4, -0.2) is 31.8 Å². The van der Waals surface area contributed by atoms with Crippen LogP contribution < -0.4 is 11.1 Å². The van der Waals surface area contributed by atoms with Gasteiger partial charge in [-0.25, -0.2) is 0 Å². The number of hydrogen-bond acceptors (Lipinski definition) is 3. The minimum Gasteiger partial charge on any atom is -0.380 e. The first-order valence-corrected chi connectivity index (χ1v) is 6.15. The number of methoxy groups -OCH3 is 1. The third-order valence-corrected chi connectivity index (χ3v) is 3.17. The number of rotatable bonds is 6. The summed E-state index contributed by atoms with van der Waals surface area (Å²) in [7, 11) is 1.80. The normalized spacial score (nSPS) is 28.6. The number of nitrogens with one attached hydrogen (secondary N) is 1. The first kappa shape index (κ1) is 12.9. The first-order valence-electron chi connectivity index (χ1n) is 6.15. The maximum absolute atomic E-state index is 6.04. The van der Waals surface area contributed by atoms with Crippen LogP contribution in [0, 0.1) is 5.92 Å². The van der Waals surface area contributed by atoms with Gasteiger partial charge in [0.05, 0.1) is 6.10 Å². The van der Waals surface area contributed by atoms with Gasteiger partial charge in [0.15, 0.2) is 0 Å². The molecular weight excluding hydrogens is 188 g/mol. The van der Waals surface area contributed by atoms with E-state index >= 15 is 0 Å². The van der Waals surface area contributed by atoms with Crippen LogP contribution in [0.2, 0.25) is 0 Å². The molecule has 3 atom stereocenters. The van der Waals surface area contributed by atoms with E-state index in [0.717, 1.165) is 13.0 Å². The van der Waals surface area contributed by atoms with Crippen LogP contribution >= 0.6 is 0 Å². The van der Waals surface area contributed by atoms with Gasteiger partial charge in [-0.3, -0.25) is 0 Å². The van der Waals surface area contributed by atoms with Gasteiger partial charge in [0.25, 0.3) is 0 Å². The summed E-state index contributed by atoms with van der Waals surface area (Å²) in [5, 5.41) is 3.54. The van der Waals surface area contributed by atoms with Gasteiger partial charge in [0.2, 0.25) is 0 Å². The minimum absolute atomic E-state index is 0.281. The molecule has 1 rings (SSSR count). The molecule has 3 N–H and O–H groups in total. The lowest BCUT2D eigenvalue weighted by atomic mass is 10.0. The molecule has 0 aromatic rings. The first-order chi connectivity index (χ1) is 7.13. The molecule has 0 saturated heterocycles. The van der Waals surface area contributed by atoms with Crippen molar-refractivity contribution in [2.45, 2.75) is 57.7 Å². The number of hydrogen-bond donors (Lipinski definition) is 2. The Labute approximate surface area is 93.8 Å². The lowest BCUT2D eigenvalue weighted by molar-refractivity contribution is 0.0846. The predicted molar refractivity (Wildman–Crippen MR) is 63.9 cm³/mol. The highest BCUT2D eigenvalue weighted by Crippen LogP contribution is 2.21. The Hall–Kier alpha value is -0.120. The van der Waals surface area contributed by atoms with Crippen molar-refractivity contribution >= 4 is 0 Å².